The molecule has 1 amide bonds. The summed E-state index contributed by atoms with van der Waals surface area (Å²) >= 11 is 1.34. The number of hydrogen-bond acceptors (Lipinski definition) is 4. The van der Waals surface area contributed by atoms with E-state index in [1.807, 2.05) is 5.38 Å². The molecule has 4 nitrogen and oxygen atoms in total. The largest absolute Gasteiger partial charge is 0.495 e. The van der Waals surface area contributed by atoms with Crippen LogP contribution in [0.15, 0.2) is 11.4 Å². The second-order valence-electron chi connectivity index (χ2n) is 3.27. The second-order valence-corrected chi connectivity index (χ2v) is 4.18. The van der Waals surface area contributed by atoms with E-state index in [4.69, 9.17) is 9.84 Å². The third-order valence-corrected chi connectivity index (χ3v) is 3.17. The lowest BCUT2D eigenvalue weighted by atomic mass is 10.3. The Labute approximate surface area is 93.1 Å². The van der Waals surface area contributed by atoms with Gasteiger partial charge in [-0.25, -0.2) is 0 Å². The highest BCUT2D eigenvalue weighted by molar-refractivity contribution is 7.12. The molecule has 0 spiro atoms. The monoisotopic (exact) mass is 229 g/mol. The molecule has 0 aromatic carbocycles. The van der Waals surface area contributed by atoms with Crippen molar-refractivity contribution in [3.8, 4) is 5.75 Å². The van der Waals surface area contributed by atoms with Gasteiger partial charge >= 0.3 is 0 Å². The van der Waals surface area contributed by atoms with Crippen LogP contribution < -0.4 is 4.74 Å². The lowest BCUT2D eigenvalue weighted by molar-refractivity contribution is 0.0684. The summed E-state index contributed by atoms with van der Waals surface area (Å²) in [5, 5.41) is 10.8. The molecule has 0 aliphatic heterocycles. The zero-order valence-electron chi connectivity index (χ0n) is 9.06. The van der Waals surface area contributed by atoms with Gasteiger partial charge in [0, 0.05) is 7.05 Å². The highest BCUT2D eigenvalue weighted by Crippen LogP contribution is 2.25. The van der Waals surface area contributed by atoms with Crippen LogP contribution in [0.4, 0.5) is 0 Å². The van der Waals surface area contributed by atoms with Crippen LogP contribution in [0.5, 0.6) is 5.75 Å². The molecule has 0 fully saturated rings. The topological polar surface area (TPSA) is 49.8 Å². The van der Waals surface area contributed by atoms with Crippen molar-refractivity contribution in [2.75, 3.05) is 20.8 Å². The van der Waals surface area contributed by atoms with Crippen molar-refractivity contribution < 1.29 is 14.6 Å². The van der Waals surface area contributed by atoms with Gasteiger partial charge in [-0.2, -0.15) is 0 Å². The minimum Gasteiger partial charge on any atom is -0.495 e. The fourth-order valence-electron chi connectivity index (χ4n) is 1.10. The SMILES string of the molecule is COc1ccsc1C(=O)N(C)C(C)CO. The first kappa shape index (κ1) is 12.0. The van der Waals surface area contributed by atoms with Gasteiger partial charge in [0.2, 0.25) is 0 Å². The van der Waals surface area contributed by atoms with Crippen LogP contribution in [0.25, 0.3) is 0 Å². The van der Waals surface area contributed by atoms with E-state index < -0.39 is 0 Å². The van der Waals surface area contributed by atoms with Gasteiger partial charge in [-0.05, 0) is 18.4 Å². The normalized spacial score (nSPS) is 12.3. The van der Waals surface area contributed by atoms with Gasteiger partial charge in [0.05, 0.1) is 19.8 Å². The molecule has 0 radical (unpaired) electrons. The summed E-state index contributed by atoms with van der Waals surface area (Å²) in [6, 6.07) is 1.57. The molecular formula is C10H15NO3S. The number of thiophene rings is 1. The molecule has 0 aliphatic carbocycles. The minimum atomic E-state index is -0.190. The van der Waals surface area contributed by atoms with Gasteiger partial charge in [0.1, 0.15) is 10.6 Å². The summed E-state index contributed by atoms with van der Waals surface area (Å²) in [7, 11) is 3.21. The van der Waals surface area contributed by atoms with E-state index in [2.05, 4.69) is 0 Å². The maximum atomic E-state index is 11.9. The number of carbonyl (C=O) groups is 1. The third kappa shape index (κ3) is 2.49. The van der Waals surface area contributed by atoms with Crippen LogP contribution in [-0.2, 0) is 0 Å². The van der Waals surface area contributed by atoms with Crippen LogP contribution >= 0.6 is 11.3 Å². The first-order chi connectivity index (χ1) is 7.11. The Morgan fingerprint density at radius 1 is 1.73 bits per heavy atom. The van der Waals surface area contributed by atoms with Crippen molar-refractivity contribution in [2.24, 2.45) is 0 Å². The van der Waals surface area contributed by atoms with Crippen molar-refractivity contribution in [3.05, 3.63) is 16.3 Å². The Hall–Kier alpha value is -1.07. The van der Waals surface area contributed by atoms with Crippen LogP contribution in [0, 0.1) is 0 Å². The Morgan fingerprint density at radius 3 is 2.93 bits per heavy atom. The van der Waals surface area contributed by atoms with E-state index in [1.54, 1.807) is 20.0 Å². The summed E-state index contributed by atoms with van der Waals surface area (Å²) in [6.45, 7) is 1.74. The van der Waals surface area contributed by atoms with Crippen molar-refractivity contribution in [1.29, 1.82) is 0 Å². The van der Waals surface area contributed by atoms with Crippen LogP contribution in [0.2, 0.25) is 0 Å². The first-order valence-electron chi connectivity index (χ1n) is 4.61. The summed E-state index contributed by atoms with van der Waals surface area (Å²) in [4.78, 5) is 14.0. The molecule has 1 N–H and O–H groups in total. The maximum absolute atomic E-state index is 11.9. The van der Waals surface area contributed by atoms with Gasteiger partial charge in [-0.15, -0.1) is 11.3 Å². The van der Waals surface area contributed by atoms with Gasteiger partial charge in [0.25, 0.3) is 5.91 Å². The standard InChI is InChI=1S/C10H15NO3S/c1-7(6-12)11(2)10(13)9-8(14-3)4-5-15-9/h4-5,7,12H,6H2,1-3H3. The molecule has 5 heteroatoms. The molecule has 1 unspecified atom stereocenters. The number of amides is 1. The number of methoxy groups -OCH3 is 1. The van der Waals surface area contributed by atoms with Crippen molar-refractivity contribution in [1.82, 2.24) is 4.90 Å². The molecule has 0 bridgehead atoms. The molecule has 1 atom stereocenters. The number of aliphatic hydroxyl groups is 1. The summed E-state index contributed by atoms with van der Waals surface area (Å²) in [5.41, 5.74) is 0. The van der Waals surface area contributed by atoms with Crippen molar-refractivity contribution in [2.45, 2.75) is 13.0 Å². The smallest absolute Gasteiger partial charge is 0.267 e. The Morgan fingerprint density at radius 2 is 2.40 bits per heavy atom. The Kier molecular flexibility index (Phi) is 4.11. The first-order valence-corrected chi connectivity index (χ1v) is 5.49. The fourth-order valence-corrected chi connectivity index (χ4v) is 1.94. The van der Waals surface area contributed by atoms with E-state index in [-0.39, 0.29) is 18.6 Å². The zero-order valence-corrected chi connectivity index (χ0v) is 9.87. The quantitative estimate of drug-likeness (QED) is 0.844. The molecule has 1 aromatic rings. The number of hydrogen-bond donors (Lipinski definition) is 1. The van der Waals surface area contributed by atoms with E-state index in [9.17, 15) is 4.79 Å². The molecule has 1 rings (SSSR count). The predicted molar refractivity (Wildman–Crippen MR) is 59.5 cm³/mol. The van der Waals surface area contributed by atoms with Crippen molar-refractivity contribution in [3.63, 3.8) is 0 Å². The predicted octanol–water partition coefficient (Wildman–Crippen LogP) is 1.21. The average molecular weight is 229 g/mol. The molecule has 15 heavy (non-hydrogen) atoms. The average Bonchev–Trinajstić information content (AvgIpc) is 2.73. The molecular weight excluding hydrogens is 214 g/mol. The lowest BCUT2D eigenvalue weighted by Gasteiger charge is -2.22. The second kappa shape index (κ2) is 5.14. The zero-order chi connectivity index (χ0) is 11.4. The van der Waals surface area contributed by atoms with Crippen LogP contribution in [0.1, 0.15) is 16.6 Å². The number of ether oxygens (including phenoxy) is 1. The minimum absolute atomic E-state index is 0.0457. The summed E-state index contributed by atoms with van der Waals surface area (Å²) in [6.07, 6.45) is 0. The van der Waals surface area contributed by atoms with Crippen LogP contribution in [-0.4, -0.2) is 42.7 Å². The van der Waals surface area contributed by atoms with E-state index in [0.717, 1.165) is 0 Å². The molecule has 1 heterocycles. The molecule has 0 saturated carbocycles. The highest BCUT2D eigenvalue weighted by Gasteiger charge is 2.21. The number of nitrogens with zero attached hydrogens (tertiary/aromatic N) is 1. The fraction of sp³-hybridized carbons (Fsp3) is 0.500. The van der Waals surface area contributed by atoms with E-state index in [0.29, 0.717) is 10.6 Å². The Bertz CT molecular complexity index is 337. The maximum Gasteiger partial charge on any atom is 0.267 e. The summed E-state index contributed by atoms with van der Waals surface area (Å²) < 4.78 is 5.07. The number of rotatable bonds is 4. The summed E-state index contributed by atoms with van der Waals surface area (Å²) in [5.74, 6) is 0.463. The van der Waals surface area contributed by atoms with E-state index >= 15 is 0 Å². The molecule has 0 saturated heterocycles. The van der Waals surface area contributed by atoms with Gasteiger partial charge in [-0.1, -0.05) is 0 Å². The Balaban J connectivity index is 2.84. The molecule has 84 valence electrons. The number of carbonyl (C=O) groups excluding carboxylic acids is 1. The van der Waals surface area contributed by atoms with E-state index in [1.165, 1.54) is 23.3 Å². The highest BCUT2D eigenvalue weighted by atomic mass is 32.1. The van der Waals surface area contributed by atoms with Gasteiger partial charge in [0.15, 0.2) is 0 Å². The van der Waals surface area contributed by atoms with Gasteiger partial charge < -0.3 is 14.7 Å². The lowest BCUT2D eigenvalue weighted by Crippen LogP contribution is -2.37. The molecule has 0 aliphatic rings. The number of aliphatic hydroxyl groups excluding tert-OH is 1. The van der Waals surface area contributed by atoms with Gasteiger partial charge in [-0.3, -0.25) is 4.79 Å². The van der Waals surface area contributed by atoms with Crippen LogP contribution in [0.3, 0.4) is 0 Å². The third-order valence-electron chi connectivity index (χ3n) is 2.29. The van der Waals surface area contributed by atoms with Crippen molar-refractivity contribution >= 4 is 17.2 Å². The molecule has 1 aromatic heterocycles. The number of likely N-dealkylation sites (N-methyl/N-ethyl adjacent to an activating group) is 1.